The van der Waals surface area contributed by atoms with E-state index >= 15 is 0 Å². The van der Waals surface area contributed by atoms with Crippen LogP contribution in [-0.2, 0) is 82.8 Å². The molecule has 22 fully saturated rings. The van der Waals surface area contributed by atoms with Crippen molar-refractivity contribution in [2.45, 2.75) is 264 Å². The first-order valence-corrected chi connectivity index (χ1v) is 37.3. The highest BCUT2D eigenvalue weighted by atomic mass is 35.5. The molecule has 3 amide bonds. The number of methoxy groups -OCH3 is 1. The molecule has 1 aliphatic carbocycles. The molecule has 1 saturated carbocycles. The molecule has 0 spiro atoms. The van der Waals surface area contributed by atoms with E-state index in [1.54, 1.807) is 24.3 Å². The van der Waals surface area contributed by atoms with E-state index in [4.69, 9.17) is 82.7 Å². The minimum atomic E-state index is -3.97. The third kappa shape index (κ3) is 19.7. The van der Waals surface area contributed by atoms with E-state index in [2.05, 4.69) is 15.4 Å². The van der Waals surface area contributed by atoms with E-state index in [0.717, 1.165) is 37.7 Å². The number of hydrogen-bond acceptors (Lipinski definition) is 40. The highest BCUT2D eigenvalue weighted by molar-refractivity contribution is 7.90. The predicted octanol–water partition coefficient (Wildman–Crippen LogP) is -11.6. The third-order valence-electron chi connectivity index (χ3n) is 20.3. The lowest BCUT2D eigenvalue weighted by molar-refractivity contribution is -0.396. The highest BCUT2D eigenvalue weighted by Gasteiger charge is 2.60. The van der Waals surface area contributed by atoms with E-state index in [-0.39, 0.29) is 16.8 Å². The van der Waals surface area contributed by atoms with Gasteiger partial charge in [-0.2, -0.15) is 0 Å². The van der Waals surface area contributed by atoms with Gasteiger partial charge in [0.15, 0.2) is 44.0 Å². The van der Waals surface area contributed by atoms with Crippen molar-refractivity contribution in [3.8, 4) is 5.75 Å². The van der Waals surface area contributed by atoms with Gasteiger partial charge in [-0.3, -0.25) is 4.79 Å². The van der Waals surface area contributed by atoms with E-state index in [9.17, 15) is 125 Å². The quantitative estimate of drug-likeness (QED) is 0.0787. The summed E-state index contributed by atoms with van der Waals surface area (Å²) < 4.78 is 112. The Morgan fingerprint density at radius 2 is 0.691 bits per heavy atom. The zero-order chi connectivity index (χ0) is 79.9. The van der Waals surface area contributed by atoms with Gasteiger partial charge in [0.25, 0.3) is 15.9 Å². The van der Waals surface area contributed by atoms with Gasteiger partial charge in [0.2, 0.25) is 0 Å². The van der Waals surface area contributed by atoms with Crippen LogP contribution in [0.15, 0.2) is 47.4 Å². The molecule has 0 unspecified atom stereocenters. The van der Waals surface area contributed by atoms with Crippen LogP contribution in [0.25, 0.3) is 0 Å². The molecule has 21 saturated heterocycles. The summed E-state index contributed by atoms with van der Waals surface area (Å²) in [5.41, 5.74) is 1.17. The molecule has 43 nitrogen and oxygen atoms in total. The van der Waals surface area contributed by atoms with Crippen LogP contribution >= 0.6 is 11.6 Å². The highest BCUT2D eigenvalue weighted by Crippen LogP contribution is 2.40. The molecule has 0 aromatic heterocycles. The Morgan fingerprint density at radius 3 is 0.955 bits per heavy atom. The van der Waals surface area contributed by atoms with Crippen molar-refractivity contribution in [1.29, 1.82) is 0 Å². The van der Waals surface area contributed by atoms with E-state index in [1.165, 1.54) is 25.3 Å². The van der Waals surface area contributed by atoms with Gasteiger partial charge in [-0.1, -0.05) is 43.0 Å². The monoisotopic (exact) mass is 1630 g/mol. The van der Waals surface area contributed by atoms with Crippen LogP contribution in [0.3, 0.4) is 0 Å². The maximum Gasteiger partial charge on any atom is 0.328 e. The molecule has 24 rings (SSSR count). The summed E-state index contributed by atoms with van der Waals surface area (Å²) >= 11 is 5.96. The van der Waals surface area contributed by atoms with Gasteiger partial charge in [-0.25, -0.2) is 17.9 Å². The molecule has 2 aromatic carbocycles. The maximum absolute atomic E-state index is 12.5. The standard InChI is InChI=1S/C42H70O35.C23H28ClN3O5S/c43-1-8-29-15(50)22(57)36(64-8)72-30-9(2-44)66-38(24(59)17(30)52)74-32-11(4-46)68-40(26(61)19(32)54)76-34-13(6-48)70-42(28(63)21(34)56)77-35-14(7-49)69-41(27(62)20(35)55)75-33-12(5-47)67-39(25(60)18(33)53)73-31-10(3-45)65-37(71-29)23(58)16(31)51;1-32-21-12-9-17(24)15-20(21)22(28)25-14-13-16-7-10-19(11-8-16)33(30,31)27-23(29)26-18-5-3-2-4-6-18/h8-63H,1-7H2;7-12,15,18H,2-6,13-14H2,1H3,(H,25,28)(H2,26,27,29)/t8-,9-,10-,11-,12-,13-,14-,15-,16-,17-,18-,19-,20+,21+,22-,23-,24-,25-,26-,27+,28+,29-,30-,31-,32-,33-,34-,35-,36-,37-,38-,39-,40-,41-,42-;/m1./s1. The summed E-state index contributed by atoms with van der Waals surface area (Å²) in [5, 5.41) is 236. The van der Waals surface area contributed by atoms with Crippen LogP contribution in [0.4, 0.5) is 4.79 Å². The Labute approximate surface area is 631 Å². The van der Waals surface area contributed by atoms with Crippen molar-refractivity contribution < 1.29 is 196 Å². The van der Waals surface area contributed by atoms with Gasteiger partial charge in [0.1, 0.15) is 177 Å². The second kappa shape index (κ2) is 39.2. The largest absolute Gasteiger partial charge is 0.496 e. The SMILES string of the molecule is COc1ccc(Cl)cc1C(=O)NCCc1ccc(S(=O)(=O)NC(=O)NC2CCCCC2)cc1.OC[C@H]1O[C@@H]2O[C@H]3[C@H](O)[C@@H](O)[C@@H](O[C@H]4[C@H](O)[C@@H](O)[C@@H](O[C@H]5[C@H](O)[C@@H](O)[C@@H](O[C@H]6[C@H](O)[C@@H](O)[C@@H](O[C@H]7[C@@H](O)[C@H](O)[C@@H](O[C@H]8[C@@H](O)[C@H](O)[C@@H](O[C@H]1[C@H](O)[C@H]2O)O[C@@H]8CO)O[C@@H]7CO)O[C@@H]6CO)O[C@@H]5CO)O[C@@H]4CO)O[C@@H]3CO. The smallest absolute Gasteiger partial charge is 0.328 e. The molecular formula is C65H98ClN3O40S. The van der Waals surface area contributed by atoms with E-state index in [1.807, 2.05) is 0 Å². The van der Waals surface area contributed by atoms with Crippen molar-refractivity contribution in [2.75, 3.05) is 59.9 Å². The fourth-order valence-electron chi connectivity index (χ4n) is 14.2. The molecule has 22 aliphatic rings. The minimum Gasteiger partial charge on any atom is -0.496 e. The van der Waals surface area contributed by atoms with Gasteiger partial charge in [-0.05, 0) is 55.2 Å². The number of hydrogen-bond donors (Lipinski definition) is 24. The first-order valence-electron chi connectivity index (χ1n) is 35.4. The van der Waals surface area contributed by atoms with Crippen LogP contribution in [0.1, 0.15) is 48.0 Å². The number of halogens is 1. The van der Waals surface area contributed by atoms with Crippen molar-refractivity contribution in [3.05, 3.63) is 58.6 Å². The Bertz CT molecular complexity index is 2980. The Hall–Kier alpha value is -4.18. The van der Waals surface area contributed by atoms with Crippen LogP contribution in [0.5, 0.6) is 5.75 Å². The van der Waals surface area contributed by atoms with E-state index < -0.39 is 277 Å². The summed E-state index contributed by atoms with van der Waals surface area (Å²) in [6.07, 6.45) is -64.8. The summed E-state index contributed by atoms with van der Waals surface area (Å²) in [5.74, 6) is 0.105. The number of carbonyl (C=O) groups is 2. The summed E-state index contributed by atoms with van der Waals surface area (Å²) in [6.45, 7) is -6.99. The number of aliphatic hydroxyl groups is 21. The molecular weight excluding hydrogens is 1530 g/mol. The minimum absolute atomic E-state index is 0.00209. The fourth-order valence-corrected chi connectivity index (χ4v) is 15.3. The van der Waals surface area contributed by atoms with Crippen molar-refractivity contribution in [3.63, 3.8) is 0 Å². The first-order chi connectivity index (χ1) is 52.4. The summed E-state index contributed by atoms with van der Waals surface area (Å²) in [4.78, 5) is 24.5. The number of aliphatic hydroxyl groups excluding tert-OH is 21. The average molecular weight is 1630 g/mol. The van der Waals surface area contributed by atoms with Gasteiger partial charge < -0.3 is 189 Å². The average Bonchev–Trinajstić information content (AvgIpc) is 0.777. The molecule has 14 bridgehead atoms. The number of rotatable bonds is 15. The molecule has 626 valence electrons. The Morgan fingerprint density at radius 1 is 0.409 bits per heavy atom. The number of amides is 3. The molecule has 21 aliphatic heterocycles. The van der Waals surface area contributed by atoms with Gasteiger partial charge >= 0.3 is 6.03 Å². The number of ether oxygens (including phenoxy) is 15. The first kappa shape index (κ1) is 88.2. The van der Waals surface area contributed by atoms with Crippen molar-refractivity contribution in [1.82, 2.24) is 15.4 Å². The normalized spacial score (nSPS) is 43.1. The van der Waals surface area contributed by atoms with Crippen molar-refractivity contribution >= 4 is 33.6 Å². The molecule has 45 heteroatoms. The van der Waals surface area contributed by atoms with E-state index in [0.29, 0.717) is 29.3 Å². The van der Waals surface area contributed by atoms with Gasteiger partial charge in [0.05, 0.1) is 63.8 Å². The van der Waals surface area contributed by atoms with Crippen LogP contribution in [-0.4, -0.2) is 408 Å². The van der Waals surface area contributed by atoms with Crippen LogP contribution in [0, 0.1) is 0 Å². The lowest BCUT2D eigenvalue weighted by Crippen LogP contribution is -2.68. The lowest BCUT2D eigenvalue weighted by Gasteiger charge is -2.50. The number of benzene rings is 2. The van der Waals surface area contributed by atoms with Crippen LogP contribution in [0.2, 0.25) is 5.02 Å². The summed E-state index contributed by atoms with van der Waals surface area (Å²) in [6, 6.07) is 10.3. The number of sulfonamides is 1. The molecule has 35 atom stereocenters. The Balaban J connectivity index is 0.000000325. The fraction of sp³-hybridized carbons (Fsp3) is 0.785. The zero-order valence-electron chi connectivity index (χ0n) is 58.7. The third-order valence-corrected chi connectivity index (χ3v) is 21.9. The predicted molar refractivity (Wildman–Crippen MR) is 355 cm³/mol. The number of urea groups is 1. The summed E-state index contributed by atoms with van der Waals surface area (Å²) in [7, 11) is -2.49. The molecule has 110 heavy (non-hydrogen) atoms. The molecule has 2 aromatic rings. The molecule has 0 radical (unpaired) electrons. The lowest BCUT2D eigenvalue weighted by atomic mass is 9.95. The second-order valence-corrected chi connectivity index (χ2v) is 29.7. The van der Waals surface area contributed by atoms with Gasteiger partial charge in [0, 0.05) is 17.6 Å². The maximum atomic E-state index is 12.5. The molecule has 21 heterocycles. The topological polar surface area (TPSA) is 668 Å². The van der Waals surface area contributed by atoms with Crippen molar-refractivity contribution in [2.24, 2.45) is 0 Å². The van der Waals surface area contributed by atoms with Gasteiger partial charge in [-0.15, -0.1) is 0 Å². The number of carbonyl (C=O) groups excluding carboxylic acids is 2. The molecule has 24 N–H and O–H groups in total. The zero-order valence-corrected chi connectivity index (χ0v) is 60.2. The second-order valence-electron chi connectivity index (χ2n) is 27.6. The number of nitrogens with one attached hydrogen (secondary N) is 3. The Kier molecular flexibility index (Phi) is 31.4. The van der Waals surface area contributed by atoms with Crippen LogP contribution < -0.4 is 20.1 Å².